The quantitative estimate of drug-likeness (QED) is 0.390. The second-order valence-electron chi connectivity index (χ2n) is 5.24. The summed E-state index contributed by atoms with van der Waals surface area (Å²) in [4.78, 5) is 0. The number of hydrogen-bond donors (Lipinski definition) is 0. The Morgan fingerprint density at radius 1 is 1.46 bits per heavy atom. The third-order valence-electron chi connectivity index (χ3n) is 3.30. The van der Waals surface area contributed by atoms with Crippen LogP contribution in [0.25, 0.3) is 0 Å². The molecule has 0 nitrogen and oxygen atoms in total. The van der Waals surface area contributed by atoms with Crippen molar-refractivity contribution in [2.75, 3.05) is 0 Å². The predicted octanol–water partition coefficient (Wildman–Crippen LogP) is 3.64. The fourth-order valence-electron chi connectivity index (χ4n) is 1.93. The highest BCUT2D eigenvalue weighted by Crippen LogP contribution is 2.46. The van der Waals surface area contributed by atoms with Crippen LogP contribution in [0.2, 0.25) is 0 Å². The molecule has 0 aromatic heterocycles. The van der Waals surface area contributed by atoms with Crippen molar-refractivity contribution in [2.45, 2.75) is 40.5 Å². The monoisotopic (exact) mass is 176 g/mol. The van der Waals surface area contributed by atoms with Crippen LogP contribution < -0.4 is 0 Å². The Balaban J connectivity index is 2.99. The van der Waals surface area contributed by atoms with Crippen LogP contribution in [0.4, 0.5) is 0 Å². The fourth-order valence-corrected chi connectivity index (χ4v) is 1.93. The van der Waals surface area contributed by atoms with Crippen molar-refractivity contribution in [2.24, 2.45) is 16.7 Å². The molecule has 0 heteroatoms. The first kappa shape index (κ1) is 10.4. The normalized spacial score (nSPS) is 34.2. The second kappa shape index (κ2) is 3.22. The molecule has 0 aromatic rings. The molecule has 0 saturated carbocycles. The minimum Gasteiger partial charge on any atom is -0.119 e. The first-order valence-electron chi connectivity index (χ1n) is 5.08. The van der Waals surface area contributed by atoms with Crippen LogP contribution in [-0.4, -0.2) is 0 Å². The van der Waals surface area contributed by atoms with E-state index in [0.29, 0.717) is 5.92 Å². The second-order valence-corrected chi connectivity index (χ2v) is 5.24. The molecule has 0 aromatic carbocycles. The molecule has 2 atom stereocenters. The van der Waals surface area contributed by atoms with Crippen molar-refractivity contribution < 1.29 is 0 Å². The van der Waals surface area contributed by atoms with E-state index in [4.69, 9.17) is 6.42 Å². The summed E-state index contributed by atoms with van der Waals surface area (Å²) in [5.41, 5.74) is 0.165. The molecule has 0 bridgehead atoms. The molecule has 0 spiro atoms. The highest BCUT2D eigenvalue weighted by atomic mass is 14.4. The van der Waals surface area contributed by atoms with Gasteiger partial charge in [0, 0.05) is 0 Å². The molecule has 0 fully saturated rings. The minimum atomic E-state index is -0.0144. The molecular formula is C13H20. The molecule has 1 aliphatic rings. The van der Waals surface area contributed by atoms with Gasteiger partial charge in [-0.05, 0) is 24.2 Å². The van der Waals surface area contributed by atoms with Crippen LogP contribution in [0.5, 0.6) is 0 Å². The van der Waals surface area contributed by atoms with Crippen molar-refractivity contribution >= 4 is 0 Å². The number of hydrogen-bond acceptors (Lipinski definition) is 0. The summed E-state index contributed by atoms with van der Waals surface area (Å²) in [6.45, 7) is 8.94. The Hall–Kier alpha value is -0.700. The van der Waals surface area contributed by atoms with Crippen LogP contribution in [-0.2, 0) is 0 Å². The minimum absolute atomic E-state index is 0.0144. The summed E-state index contributed by atoms with van der Waals surface area (Å²) in [6.07, 6.45) is 12.5. The summed E-state index contributed by atoms with van der Waals surface area (Å²) >= 11 is 0. The highest BCUT2D eigenvalue weighted by molar-refractivity contribution is 5.23. The van der Waals surface area contributed by atoms with E-state index in [1.165, 1.54) is 6.42 Å². The van der Waals surface area contributed by atoms with Crippen LogP contribution in [0.15, 0.2) is 12.2 Å². The summed E-state index contributed by atoms with van der Waals surface area (Å²) < 4.78 is 0. The van der Waals surface area contributed by atoms with E-state index in [9.17, 15) is 0 Å². The summed E-state index contributed by atoms with van der Waals surface area (Å²) in [5, 5.41) is 0. The molecule has 72 valence electrons. The SMILES string of the molecule is C#CC1(C(C)(C)C)C=CC(C)CC1. The average molecular weight is 176 g/mol. The van der Waals surface area contributed by atoms with E-state index in [0.717, 1.165) is 6.42 Å². The van der Waals surface area contributed by atoms with Gasteiger partial charge in [-0.1, -0.05) is 45.8 Å². The van der Waals surface area contributed by atoms with E-state index in [1.807, 2.05) is 0 Å². The molecule has 0 heterocycles. The average Bonchev–Trinajstić information content (AvgIpc) is 2.04. The maximum Gasteiger partial charge on any atom is 0.0539 e. The number of allylic oxidation sites excluding steroid dienone is 2. The Kier molecular flexibility index (Phi) is 2.57. The molecule has 0 saturated heterocycles. The van der Waals surface area contributed by atoms with Crippen LogP contribution in [0.3, 0.4) is 0 Å². The summed E-state index contributed by atoms with van der Waals surface area (Å²) in [7, 11) is 0. The third kappa shape index (κ3) is 1.80. The van der Waals surface area contributed by atoms with Crippen LogP contribution in [0, 0.1) is 29.1 Å². The molecule has 1 rings (SSSR count). The molecule has 0 N–H and O–H groups in total. The lowest BCUT2D eigenvalue weighted by atomic mass is 9.62. The zero-order chi connectivity index (χ0) is 10.1. The lowest BCUT2D eigenvalue weighted by Gasteiger charge is -2.41. The first-order chi connectivity index (χ1) is 5.91. The van der Waals surface area contributed by atoms with Gasteiger partial charge in [-0.2, -0.15) is 0 Å². The number of terminal acetylenes is 1. The van der Waals surface area contributed by atoms with Crippen molar-refractivity contribution in [3.8, 4) is 12.3 Å². The van der Waals surface area contributed by atoms with Gasteiger partial charge in [-0.15, -0.1) is 6.42 Å². The van der Waals surface area contributed by atoms with Gasteiger partial charge in [0.15, 0.2) is 0 Å². The lowest BCUT2D eigenvalue weighted by Crippen LogP contribution is -2.34. The predicted molar refractivity (Wildman–Crippen MR) is 58.3 cm³/mol. The lowest BCUT2D eigenvalue weighted by molar-refractivity contribution is 0.183. The molecule has 0 amide bonds. The zero-order valence-electron chi connectivity index (χ0n) is 9.22. The molecular weight excluding hydrogens is 156 g/mol. The smallest absolute Gasteiger partial charge is 0.0539 e. The van der Waals surface area contributed by atoms with Crippen LogP contribution in [0.1, 0.15) is 40.5 Å². The highest BCUT2D eigenvalue weighted by Gasteiger charge is 2.39. The Bertz CT molecular complexity index is 246. The van der Waals surface area contributed by atoms with Gasteiger partial charge in [-0.25, -0.2) is 0 Å². The Labute approximate surface area is 82.4 Å². The number of rotatable bonds is 0. The zero-order valence-corrected chi connectivity index (χ0v) is 9.22. The van der Waals surface area contributed by atoms with E-state index >= 15 is 0 Å². The van der Waals surface area contributed by atoms with E-state index in [-0.39, 0.29) is 10.8 Å². The van der Waals surface area contributed by atoms with Crippen molar-refractivity contribution in [1.82, 2.24) is 0 Å². The van der Waals surface area contributed by atoms with E-state index in [1.54, 1.807) is 0 Å². The van der Waals surface area contributed by atoms with Gasteiger partial charge >= 0.3 is 0 Å². The van der Waals surface area contributed by atoms with Crippen molar-refractivity contribution in [3.63, 3.8) is 0 Å². The van der Waals surface area contributed by atoms with Crippen LogP contribution >= 0.6 is 0 Å². The molecule has 2 unspecified atom stereocenters. The molecule has 0 aliphatic heterocycles. The first-order valence-corrected chi connectivity index (χ1v) is 5.08. The maximum atomic E-state index is 5.67. The molecule has 0 radical (unpaired) electrons. The standard InChI is InChI=1S/C13H20/c1-6-13(12(3,4)5)9-7-11(2)8-10-13/h1,7,9,11H,8,10H2,2-5H3. The summed E-state index contributed by atoms with van der Waals surface area (Å²) in [5.74, 6) is 3.69. The maximum absolute atomic E-state index is 5.67. The van der Waals surface area contributed by atoms with E-state index in [2.05, 4.69) is 45.8 Å². The Morgan fingerprint density at radius 2 is 2.08 bits per heavy atom. The van der Waals surface area contributed by atoms with E-state index < -0.39 is 0 Å². The van der Waals surface area contributed by atoms with Gasteiger partial charge in [-0.3, -0.25) is 0 Å². The van der Waals surface area contributed by atoms with Crippen molar-refractivity contribution in [3.05, 3.63) is 12.2 Å². The molecule has 1 aliphatic carbocycles. The van der Waals surface area contributed by atoms with Gasteiger partial charge in [0.25, 0.3) is 0 Å². The Morgan fingerprint density at radius 3 is 2.38 bits per heavy atom. The largest absolute Gasteiger partial charge is 0.119 e. The van der Waals surface area contributed by atoms with Gasteiger partial charge < -0.3 is 0 Å². The summed E-state index contributed by atoms with van der Waals surface area (Å²) in [6, 6.07) is 0. The fraction of sp³-hybridized carbons (Fsp3) is 0.692. The van der Waals surface area contributed by atoms with Gasteiger partial charge in [0.2, 0.25) is 0 Å². The van der Waals surface area contributed by atoms with Gasteiger partial charge in [0.1, 0.15) is 0 Å². The molecule has 13 heavy (non-hydrogen) atoms. The topological polar surface area (TPSA) is 0 Å². The van der Waals surface area contributed by atoms with Crippen molar-refractivity contribution in [1.29, 1.82) is 0 Å². The van der Waals surface area contributed by atoms with Gasteiger partial charge in [0.05, 0.1) is 5.41 Å². The third-order valence-corrected chi connectivity index (χ3v) is 3.30.